The van der Waals surface area contributed by atoms with Gasteiger partial charge < -0.3 is 14.9 Å². The number of furan rings is 1. The van der Waals surface area contributed by atoms with Crippen molar-refractivity contribution in [2.75, 3.05) is 0 Å². The number of hydrogen-bond donors (Lipinski definition) is 1. The molecule has 2 N–H and O–H groups in total. The minimum Gasteiger partial charge on any atom is -0.486 e. The number of nitrogens with zero attached hydrogens (tertiary/aromatic N) is 3. The molecule has 0 bridgehead atoms. The van der Waals surface area contributed by atoms with Crippen molar-refractivity contribution >= 4 is 15.9 Å². The van der Waals surface area contributed by atoms with Crippen LogP contribution in [-0.4, -0.2) is 0 Å². The van der Waals surface area contributed by atoms with Gasteiger partial charge in [0.1, 0.15) is 29.9 Å². The van der Waals surface area contributed by atoms with Crippen molar-refractivity contribution in [1.29, 1.82) is 15.8 Å². The van der Waals surface area contributed by atoms with E-state index >= 15 is 0 Å². The monoisotopic (exact) mass is 474 g/mol. The van der Waals surface area contributed by atoms with Crippen molar-refractivity contribution in [3.05, 3.63) is 75.3 Å². The molecule has 0 spiro atoms. The number of nitrogens with two attached hydrogens (primary N) is 1. The van der Waals surface area contributed by atoms with Gasteiger partial charge in [0.2, 0.25) is 0 Å². The molecule has 0 amide bonds. The van der Waals surface area contributed by atoms with E-state index < -0.39 is 11.3 Å². The summed E-state index contributed by atoms with van der Waals surface area (Å²) in [5.41, 5.74) is 5.71. The second-order valence-electron chi connectivity index (χ2n) is 7.65. The third-order valence-corrected chi connectivity index (χ3v) is 6.51. The third kappa shape index (κ3) is 3.50. The average molecular weight is 475 g/mol. The largest absolute Gasteiger partial charge is 0.486 e. The predicted octanol–water partition coefficient (Wildman–Crippen LogP) is 5.21. The van der Waals surface area contributed by atoms with Crippen LogP contribution >= 0.6 is 15.9 Å². The van der Waals surface area contributed by atoms with Crippen LogP contribution in [0.2, 0.25) is 0 Å². The van der Waals surface area contributed by atoms with Gasteiger partial charge in [0.05, 0.1) is 29.3 Å². The van der Waals surface area contributed by atoms with E-state index in [9.17, 15) is 15.8 Å². The highest BCUT2D eigenvalue weighted by atomic mass is 79.9. The summed E-state index contributed by atoms with van der Waals surface area (Å²) < 4.78 is 12.8. The van der Waals surface area contributed by atoms with Crippen LogP contribution in [0, 0.1) is 45.3 Å². The molecule has 154 valence electrons. The number of fused-ring (bicyclic) bond motifs is 1. The van der Waals surface area contributed by atoms with Crippen LogP contribution in [0.15, 0.2) is 68.2 Å². The molecule has 31 heavy (non-hydrogen) atoms. The predicted molar refractivity (Wildman–Crippen MR) is 116 cm³/mol. The second-order valence-corrected chi connectivity index (χ2v) is 8.57. The summed E-state index contributed by atoms with van der Waals surface area (Å²) in [6.45, 7) is 0.211. The summed E-state index contributed by atoms with van der Waals surface area (Å²) in [7, 11) is 0. The van der Waals surface area contributed by atoms with E-state index in [1.807, 2.05) is 30.3 Å². The topological polar surface area (TPSA) is 120 Å². The lowest BCUT2D eigenvalue weighted by atomic mass is 9.58. The Morgan fingerprint density at radius 3 is 2.55 bits per heavy atom. The molecule has 0 saturated carbocycles. The highest BCUT2D eigenvalue weighted by Gasteiger charge is 2.55. The fourth-order valence-corrected chi connectivity index (χ4v) is 4.77. The van der Waals surface area contributed by atoms with Gasteiger partial charge in [-0.2, -0.15) is 15.8 Å². The number of allylic oxidation sites excluding steroid dienone is 4. The van der Waals surface area contributed by atoms with Crippen LogP contribution in [0.4, 0.5) is 0 Å². The van der Waals surface area contributed by atoms with Crippen molar-refractivity contribution in [3.63, 3.8) is 0 Å². The minimum atomic E-state index is -1.66. The Balaban J connectivity index is 1.70. The Labute approximate surface area is 188 Å². The standard InChI is InChI=1S/C24H19BrN4O2/c25-15-5-7-16(8-6-15)30-12-17-9-10-21(31-17)22-19-4-2-1-3-18(19)20(11-26)23(29)24(22,13-27)14-28/h3,5-10,19,22H,1-2,4,12,29H2/t19-,22-/m1/s1. The van der Waals surface area contributed by atoms with Gasteiger partial charge in [-0.05, 0) is 67.2 Å². The van der Waals surface area contributed by atoms with Crippen LogP contribution < -0.4 is 10.5 Å². The molecule has 0 aliphatic heterocycles. The van der Waals surface area contributed by atoms with Crippen molar-refractivity contribution in [2.45, 2.75) is 31.8 Å². The van der Waals surface area contributed by atoms with Gasteiger partial charge in [-0.3, -0.25) is 0 Å². The lowest BCUT2D eigenvalue weighted by molar-refractivity contribution is 0.238. The van der Waals surface area contributed by atoms with Gasteiger partial charge in [-0.1, -0.05) is 22.0 Å². The minimum absolute atomic E-state index is 0.0125. The molecule has 0 unspecified atom stereocenters. The van der Waals surface area contributed by atoms with Crippen molar-refractivity contribution in [3.8, 4) is 24.0 Å². The maximum atomic E-state index is 10.0. The van der Waals surface area contributed by atoms with Crippen LogP contribution in [0.5, 0.6) is 5.75 Å². The Hall–Kier alpha value is -3.47. The highest BCUT2D eigenvalue weighted by Crippen LogP contribution is 2.55. The van der Waals surface area contributed by atoms with Crippen LogP contribution in [0.3, 0.4) is 0 Å². The van der Waals surface area contributed by atoms with Crippen LogP contribution in [0.25, 0.3) is 0 Å². The molecule has 0 radical (unpaired) electrons. The fourth-order valence-electron chi connectivity index (χ4n) is 4.50. The molecule has 6 nitrogen and oxygen atoms in total. The van der Waals surface area contributed by atoms with Gasteiger partial charge in [-0.15, -0.1) is 0 Å². The van der Waals surface area contributed by atoms with Gasteiger partial charge in [-0.25, -0.2) is 0 Å². The Kier molecular flexibility index (Phi) is 5.59. The quantitative estimate of drug-likeness (QED) is 0.648. The number of nitriles is 3. The van der Waals surface area contributed by atoms with E-state index in [4.69, 9.17) is 14.9 Å². The van der Waals surface area contributed by atoms with E-state index in [0.717, 1.165) is 29.3 Å². The first-order valence-electron chi connectivity index (χ1n) is 9.94. The summed E-state index contributed by atoms with van der Waals surface area (Å²) in [4.78, 5) is 0. The normalized spacial score (nSPS) is 21.8. The molecule has 2 aliphatic rings. The number of hydrogen-bond acceptors (Lipinski definition) is 6. The van der Waals surface area contributed by atoms with Crippen molar-refractivity contribution < 1.29 is 9.15 Å². The van der Waals surface area contributed by atoms with E-state index in [1.54, 1.807) is 12.1 Å². The Morgan fingerprint density at radius 1 is 1.13 bits per heavy atom. The molecule has 2 aromatic rings. The first-order chi connectivity index (χ1) is 15.0. The van der Waals surface area contributed by atoms with E-state index in [0.29, 0.717) is 17.3 Å². The Bertz CT molecular complexity index is 1170. The third-order valence-electron chi connectivity index (χ3n) is 5.98. The van der Waals surface area contributed by atoms with Crippen LogP contribution in [0.1, 0.15) is 36.7 Å². The average Bonchev–Trinajstić information content (AvgIpc) is 3.26. The zero-order chi connectivity index (χ0) is 22.0. The SMILES string of the molecule is N#CC1=C(N)C(C#N)(C#N)[C@@H](c2ccc(COc3ccc(Br)cc3)o2)[C@@H]2CCCC=C12. The van der Waals surface area contributed by atoms with Gasteiger partial charge >= 0.3 is 0 Å². The number of halogens is 1. The first kappa shape index (κ1) is 20.8. The summed E-state index contributed by atoms with van der Waals surface area (Å²) in [5, 5.41) is 29.8. The van der Waals surface area contributed by atoms with Crippen molar-refractivity contribution in [1.82, 2.24) is 0 Å². The summed E-state index contributed by atoms with van der Waals surface area (Å²) in [6, 6.07) is 17.4. The highest BCUT2D eigenvalue weighted by molar-refractivity contribution is 9.10. The summed E-state index contributed by atoms with van der Waals surface area (Å²) in [5.74, 6) is 1.02. The molecule has 2 aliphatic carbocycles. The smallest absolute Gasteiger partial charge is 0.194 e. The van der Waals surface area contributed by atoms with E-state index in [-0.39, 0.29) is 23.8 Å². The Morgan fingerprint density at radius 2 is 1.87 bits per heavy atom. The van der Waals surface area contributed by atoms with E-state index in [2.05, 4.69) is 34.1 Å². The summed E-state index contributed by atoms with van der Waals surface area (Å²) in [6.07, 6.45) is 4.52. The maximum absolute atomic E-state index is 10.0. The molecular weight excluding hydrogens is 456 g/mol. The molecule has 1 aromatic carbocycles. The molecule has 0 fully saturated rings. The molecule has 0 saturated heterocycles. The van der Waals surface area contributed by atoms with Gasteiger partial charge in [0.25, 0.3) is 0 Å². The van der Waals surface area contributed by atoms with Gasteiger partial charge in [0, 0.05) is 4.47 Å². The number of rotatable bonds is 4. The molecule has 4 rings (SSSR count). The zero-order valence-electron chi connectivity index (χ0n) is 16.6. The zero-order valence-corrected chi connectivity index (χ0v) is 18.2. The fraction of sp³-hybridized carbons (Fsp3) is 0.292. The first-order valence-corrected chi connectivity index (χ1v) is 10.7. The molecule has 7 heteroatoms. The molecule has 2 atom stereocenters. The van der Waals surface area contributed by atoms with E-state index in [1.165, 1.54) is 0 Å². The molecule has 1 aromatic heterocycles. The molecular formula is C24H19BrN4O2. The lowest BCUT2D eigenvalue weighted by Crippen LogP contribution is -2.42. The summed E-state index contributed by atoms with van der Waals surface area (Å²) >= 11 is 3.39. The second kappa shape index (κ2) is 8.34. The van der Waals surface area contributed by atoms with Crippen molar-refractivity contribution in [2.24, 2.45) is 17.1 Å². The van der Waals surface area contributed by atoms with Crippen LogP contribution in [-0.2, 0) is 6.61 Å². The van der Waals surface area contributed by atoms with Gasteiger partial charge in [0.15, 0.2) is 5.41 Å². The number of ether oxygens (including phenoxy) is 1. The number of benzene rings is 1. The maximum Gasteiger partial charge on any atom is 0.194 e. The molecule has 1 heterocycles. The lowest BCUT2D eigenvalue weighted by Gasteiger charge is -2.42.